The lowest BCUT2D eigenvalue weighted by molar-refractivity contribution is -0.123. The molecule has 1 N–H and O–H groups in total. The Balaban J connectivity index is 2.02. The summed E-state index contributed by atoms with van der Waals surface area (Å²) in [4.78, 5) is 24.6. The molecule has 0 heterocycles. The quantitative estimate of drug-likeness (QED) is 0.756. The molecule has 138 valence electrons. The molecule has 0 fully saturated rings. The van der Waals surface area contributed by atoms with Crippen molar-refractivity contribution in [3.8, 4) is 0 Å². The van der Waals surface area contributed by atoms with Gasteiger partial charge in [-0.05, 0) is 54.7 Å². The van der Waals surface area contributed by atoms with E-state index in [0.717, 1.165) is 11.1 Å². The van der Waals surface area contributed by atoms with E-state index in [1.54, 1.807) is 30.3 Å². The molecule has 0 spiro atoms. The van der Waals surface area contributed by atoms with E-state index in [2.05, 4.69) is 26.1 Å². The van der Waals surface area contributed by atoms with Crippen LogP contribution in [0, 0.1) is 6.92 Å². The van der Waals surface area contributed by atoms with Crippen molar-refractivity contribution in [1.29, 1.82) is 0 Å². The van der Waals surface area contributed by atoms with Gasteiger partial charge < -0.3 is 10.1 Å². The maximum Gasteiger partial charge on any atom is 0.338 e. The molecule has 26 heavy (non-hydrogen) atoms. The number of halogens is 1. The lowest BCUT2D eigenvalue weighted by Crippen LogP contribution is -2.30. The molecule has 0 bridgehead atoms. The van der Waals surface area contributed by atoms with Gasteiger partial charge in [0, 0.05) is 10.7 Å². The number of hydrogen-bond donors (Lipinski definition) is 1. The number of amides is 1. The van der Waals surface area contributed by atoms with Crippen molar-refractivity contribution in [1.82, 2.24) is 0 Å². The maximum atomic E-state index is 12.3. The zero-order valence-electron chi connectivity index (χ0n) is 15.7. The van der Waals surface area contributed by atoms with Gasteiger partial charge in [-0.15, -0.1) is 0 Å². The summed E-state index contributed by atoms with van der Waals surface area (Å²) in [5, 5.41) is 3.30. The van der Waals surface area contributed by atoms with Crippen LogP contribution in [0.5, 0.6) is 0 Å². The van der Waals surface area contributed by atoms with E-state index in [1.165, 1.54) is 6.92 Å². The van der Waals surface area contributed by atoms with Gasteiger partial charge in [0.25, 0.3) is 5.91 Å². The standard InChI is InChI=1S/C21H24ClNO3/c1-13-17(22)7-6-8-18(13)23-19(24)14(2)26-20(25)15-9-11-16(12-10-15)21(3,4)5/h6-12,14H,1-5H3,(H,23,24)/t14-/m0/s1. The highest BCUT2D eigenvalue weighted by molar-refractivity contribution is 6.31. The fourth-order valence-corrected chi connectivity index (χ4v) is 2.54. The Morgan fingerprint density at radius 1 is 1.08 bits per heavy atom. The second-order valence-corrected chi connectivity index (χ2v) is 7.68. The predicted octanol–water partition coefficient (Wildman–Crippen LogP) is 5.13. The summed E-state index contributed by atoms with van der Waals surface area (Å²) < 4.78 is 5.28. The van der Waals surface area contributed by atoms with Crippen molar-refractivity contribution in [2.75, 3.05) is 5.32 Å². The Kier molecular flexibility index (Phi) is 6.09. The first-order valence-electron chi connectivity index (χ1n) is 8.47. The molecule has 0 aliphatic heterocycles. The SMILES string of the molecule is Cc1c(Cl)cccc1NC(=O)[C@H](C)OC(=O)c1ccc(C(C)(C)C)cc1. The Hall–Kier alpha value is -2.33. The monoisotopic (exact) mass is 373 g/mol. The fraction of sp³-hybridized carbons (Fsp3) is 0.333. The third-order valence-corrected chi connectivity index (χ3v) is 4.57. The molecule has 0 saturated heterocycles. The highest BCUT2D eigenvalue weighted by Crippen LogP contribution is 2.24. The number of rotatable bonds is 4. The summed E-state index contributed by atoms with van der Waals surface area (Å²) in [6.45, 7) is 9.65. The van der Waals surface area contributed by atoms with Gasteiger partial charge in [-0.25, -0.2) is 4.79 Å². The lowest BCUT2D eigenvalue weighted by atomic mass is 9.87. The van der Waals surface area contributed by atoms with Gasteiger partial charge >= 0.3 is 5.97 Å². The van der Waals surface area contributed by atoms with Crippen LogP contribution in [0.2, 0.25) is 5.02 Å². The molecule has 5 heteroatoms. The van der Waals surface area contributed by atoms with Crippen molar-refractivity contribution < 1.29 is 14.3 Å². The summed E-state index contributed by atoms with van der Waals surface area (Å²) in [7, 11) is 0. The number of carbonyl (C=O) groups excluding carboxylic acids is 2. The normalized spacial score (nSPS) is 12.4. The van der Waals surface area contributed by atoms with Crippen molar-refractivity contribution in [2.24, 2.45) is 0 Å². The first-order valence-corrected chi connectivity index (χ1v) is 8.85. The topological polar surface area (TPSA) is 55.4 Å². The molecule has 2 aromatic rings. The highest BCUT2D eigenvalue weighted by atomic mass is 35.5. The van der Waals surface area contributed by atoms with Gasteiger partial charge in [0.2, 0.25) is 0 Å². The van der Waals surface area contributed by atoms with Crippen LogP contribution in [0.25, 0.3) is 0 Å². The molecule has 0 radical (unpaired) electrons. The summed E-state index contributed by atoms with van der Waals surface area (Å²) >= 11 is 6.05. The predicted molar refractivity (Wildman–Crippen MR) is 105 cm³/mol. The number of ether oxygens (including phenoxy) is 1. The largest absolute Gasteiger partial charge is 0.449 e. The van der Waals surface area contributed by atoms with E-state index in [1.807, 2.05) is 19.1 Å². The van der Waals surface area contributed by atoms with Gasteiger partial charge in [0.05, 0.1) is 5.56 Å². The summed E-state index contributed by atoms with van der Waals surface area (Å²) in [5.74, 6) is -0.939. The number of anilines is 1. The van der Waals surface area contributed by atoms with Crippen LogP contribution in [0.4, 0.5) is 5.69 Å². The van der Waals surface area contributed by atoms with E-state index in [4.69, 9.17) is 16.3 Å². The molecule has 0 aromatic heterocycles. The third kappa shape index (κ3) is 4.85. The van der Waals surface area contributed by atoms with E-state index in [0.29, 0.717) is 16.3 Å². The summed E-state index contributed by atoms with van der Waals surface area (Å²) in [5.41, 5.74) is 2.90. The van der Waals surface area contributed by atoms with Crippen molar-refractivity contribution in [3.63, 3.8) is 0 Å². The minimum atomic E-state index is -0.928. The van der Waals surface area contributed by atoms with Crippen molar-refractivity contribution in [3.05, 3.63) is 64.2 Å². The number of hydrogen-bond acceptors (Lipinski definition) is 3. The van der Waals surface area contributed by atoms with Gasteiger partial charge in [0.15, 0.2) is 6.10 Å². The number of benzene rings is 2. The molecule has 1 atom stereocenters. The molecule has 0 unspecified atom stereocenters. The minimum Gasteiger partial charge on any atom is -0.449 e. The zero-order chi connectivity index (χ0) is 19.5. The number of esters is 1. The van der Waals surface area contributed by atoms with Crippen LogP contribution in [0.15, 0.2) is 42.5 Å². The van der Waals surface area contributed by atoms with Crippen LogP contribution in [-0.2, 0) is 14.9 Å². The smallest absolute Gasteiger partial charge is 0.338 e. The number of nitrogens with one attached hydrogen (secondary N) is 1. The molecule has 2 aromatic carbocycles. The Morgan fingerprint density at radius 3 is 2.27 bits per heavy atom. The van der Waals surface area contributed by atoms with Crippen molar-refractivity contribution in [2.45, 2.75) is 46.1 Å². The summed E-state index contributed by atoms with van der Waals surface area (Å²) in [6.07, 6.45) is -0.928. The Morgan fingerprint density at radius 2 is 1.69 bits per heavy atom. The van der Waals surface area contributed by atoms with Gasteiger partial charge in [-0.3, -0.25) is 4.79 Å². The van der Waals surface area contributed by atoms with Crippen LogP contribution < -0.4 is 5.32 Å². The first-order chi connectivity index (χ1) is 12.1. The number of carbonyl (C=O) groups is 2. The molecule has 0 aliphatic carbocycles. The molecular formula is C21H24ClNO3. The van der Waals surface area contributed by atoms with E-state index in [-0.39, 0.29) is 5.41 Å². The minimum absolute atomic E-state index is 0.00439. The van der Waals surface area contributed by atoms with E-state index < -0.39 is 18.0 Å². The Labute approximate surface area is 159 Å². The highest BCUT2D eigenvalue weighted by Gasteiger charge is 2.20. The van der Waals surface area contributed by atoms with Gasteiger partial charge in [-0.1, -0.05) is 50.6 Å². The molecular weight excluding hydrogens is 350 g/mol. The van der Waals surface area contributed by atoms with E-state index in [9.17, 15) is 9.59 Å². The van der Waals surface area contributed by atoms with Crippen LogP contribution in [-0.4, -0.2) is 18.0 Å². The Bertz CT molecular complexity index is 807. The fourth-order valence-electron chi connectivity index (χ4n) is 2.37. The molecule has 1 amide bonds. The lowest BCUT2D eigenvalue weighted by Gasteiger charge is -2.19. The second kappa shape index (κ2) is 7.92. The molecule has 4 nitrogen and oxygen atoms in total. The average molecular weight is 374 g/mol. The second-order valence-electron chi connectivity index (χ2n) is 7.28. The molecule has 0 saturated carbocycles. The third-order valence-electron chi connectivity index (χ3n) is 4.17. The van der Waals surface area contributed by atoms with Gasteiger partial charge in [0.1, 0.15) is 0 Å². The van der Waals surface area contributed by atoms with E-state index >= 15 is 0 Å². The molecule has 0 aliphatic rings. The van der Waals surface area contributed by atoms with Crippen LogP contribution >= 0.6 is 11.6 Å². The van der Waals surface area contributed by atoms with Crippen LogP contribution in [0.1, 0.15) is 49.2 Å². The first kappa shape index (κ1) is 20.0. The summed E-state index contributed by atoms with van der Waals surface area (Å²) in [6, 6.07) is 12.5. The molecule has 2 rings (SSSR count). The van der Waals surface area contributed by atoms with Crippen LogP contribution in [0.3, 0.4) is 0 Å². The zero-order valence-corrected chi connectivity index (χ0v) is 16.5. The van der Waals surface area contributed by atoms with Crippen molar-refractivity contribution >= 4 is 29.2 Å². The van der Waals surface area contributed by atoms with Gasteiger partial charge in [-0.2, -0.15) is 0 Å². The maximum absolute atomic E-state index is 12.3. The average Bonchev–Trinajstić information content (AvgIpc) is 2.58.